The Hall–Kier alpha value is -1.97. The van der Waals surface area contributed by atoms with Crippen LogP contribution in [0.25, 0.3) is 0 Å². The van der Waals surface area contributed by atoms with Gasteiger partial charge in [0.1, 0.15) is 0 Å². The average Bonchev–Trinajstić information content (AvgIpc) is 3.26. The molecule has 2 bridgehead atoms. The number of hydrogen-bond donors (Lipinski definition) is 0. The van der Waals surface area contributed by atoms with Crippen molar-refractivity contribution in [3.05, 3.63) is 71.8 Å². The van der Waals surface area contributed by atoms with Gasteiger partial charge in [0, 0.05) is 43.7 Å². The molecule has 0 amide bonds. The van der Waals surface area contributed by atoms with Gasteiger partial charge < -0.3 is 0 Å². The Morgan fingerprint density at radius 2 is 1.50 bits per heavy atom. The van der Waals surface area contributed by atoms with Crippen LogP contribution in [0.1, 0.15) is 41.6 Å². The van der Waals surface area contributed by atoms with Crippen LogP contribution in [0.5, 0.6) is 0 Å². The number of carbonyl (C=O) groups excluding carboxylic acids is 1. The molecule has 2 aliphatic rings. The first kappa shape index (κ1) is 17.4. The Labute approximate surface area is 156 Å². The molecule has 2 saturated heterocycles. The summed E-state index contributed by atoms with van der Waals surface area (Å²) >= 11 is 0. The molecule has 2 atom stereocenters. The third-order valence-corrected chi connectivity index (χ3v) is 5.89. The Kier molecular flexibility index (Phi) is 5.47. The van der Waals surface area contributed by atoms with Crippen molar-refractivity contribution in [3.8, 4) is 0 Å². The van der Waals surface area contributed by atoms with Gasteiger partial charge in [0.2, 0.25) is 0 Å². The van der Waals surface area contributed by atoms with Crippen LogP contribution < -0.4 is 0 Å². The highest BCUT2D eigenvalue weighted by Crippen LogP contribution is 2.32. The fraction of sp³-hybridized carbons (Fsp3) is 0.435. The molecule has 2 fully saturated rings. The van der Waals surface area contributed by atoms with Crippen molar-refractivity contribution >= 4 is 5.78 Å². The van der Waals surface area contributed by atoms with E-state index in [-0.39, 0.29) is 5.78 Å². The summed E-state index contributed by atoms with van der Waals surface area (Å²) in [5, 5.41) is 0. The van der Waals surface area contributed by atoms with E-state index in [1.54, 1.807) is 0 Å². The van der Waals surface area contributed by atoms with E-state index >= 15 is 0 Å². The number of rotatable bonds is 8. The summed E-state index contributed by atoms with van der Waals surface area (Å²) in [5.74, 6) is 0.280. The molecule has 2 heterocycles. The molecule has 3 nitrogen and oxygen atoms in total. The Balaban J connectivity index is 1.17. The molecule has 2 aromatic rings. The van der Waals surface area contributed by atoms with Crippen LogP contribution in [0.2, 0.25) is 0 Å². The van der Waals surface area contributed by atoms with Crippen LogP contribution in [0.3, 0.4) is 0 Å². The predicted octanol–water partition coefficient (Wildman–Crippen LogP) is 4.00. The van der Waals surface area contributed by atoms with Crippen molar-refractivity contribution in [2.24, 2.45) is 0 Å². The number of likely N-dealkylation sites (tertiary alicyclic amines) is 2. The van der Waals surface area contributed by atoms with Gasteiger partial charge in [0.25, 0.3) is 0 Å². The summed E-state index contributed by atoms with van der Waals surface area (Å²) in [7, 11) is 0. The Bertz CT molecular complexity index is 716. The Morgan fingerprint density at radius 3 is 2.19 bits per heavy atom. The minimum atomic E-state index is 0.280. The third kappa shape index (κ3) is 4.05. The van der Waals surface area contributed by atoms with Crippen molar-refractivity contribution in [2.75, 3.05) is 19.6 Å². The van der Waals surface area contributed by atoms with Crippen molar-refractivity contribution < 1.29 is 4.79 Å². The second kappa shape index (κ2) is 8.15. The van der Waals surface area contributed by atoms with E-state index in [2.05, 4.69) is 40.1 Å². The van der Waals surface area contributed by atoms with Crippen molar-refractivity contribution in [1.29, 1.82) is 0 Å². The van der Waals surface area contributed by atoms with Gasteiger partial charge in [-0.05, 0) is 31.4 Å². The molecule has 2 aliphatic heterocycles. The van der Waals surface area contributed by atoms with Crippen molar-refractivity contribution in [1.82, 2.24) is 9.80 Å². The number of unbranched alkanes of at least 4 members (excludes halogenated alkanes) is 1. The van der Waals surface area contributed by atoms with Crippen molar-refractivity contribution in [3.63, 3.8) is 0 Å². The van der Waals surface area contributed by atoms with Crippen LogP contribution in [-0.4, -0.2) is 47.3 Å². The van der Waals surface area contributed by atoms with E-state index in [1.165, 1.54) is 25.1 Å². The molecule has 0 aliphatic carbocycles. The monoisotopic (exact) mass is 348 g/mol. The van der Waals surface area contributed by atoms with Gasteiger partial charge in [-0.3, -0.25) is 14.6 Å². The molecule has 136 valence electrons. The maximum Gasteiger partial charge on any atom is 0.162 e. The molecule has 0 radical (unpaired) electrons. The number of carbonyl (C=O) groups is 1. The van der Waals surface area contributed by atoms with E-state index in [0.717, 1.165) is 31.5 Å². The standard InChI is InChI=1S/C23H28N2O/c26-23(20-11-5-2-6-12-20)13-7-8-14-24-17-22-15-21(24)18-25(22)16-19-9-3-1-4-10-19/h1-6,9-12,21-22H,7-8,13-18H2. The largest absolute Gasteiger partial charge is 0.297 e. The minimum absolute atomic E-state index is 0.280. The summed E-state index contributed by atoms with van der Waals surface area (Å²) < 4.78 is 0. The quantitative estimate of drug-likeness (QED) is 0.532. The maximum atomic E-state index is 12.2. The fourth-order valence-corrected chi connectivity index (χ4v) is 4.49. The fourth-order valence-electron chi connectivity index (χ4n) is 4.49. The lowest BCUT2D eigenvalue weighted by atomic mass is 10.1. The zero-order chi connectivity index (χ0) is 17.8. The SMILES string of the molecule is O=C(CCCCN1CC2CC1CN2Cc1ccccc1)c1ccccc1. The van der Waals surface area contributed by atoms with E-state index < -0.39 is 0 Å². The number of piperazine rings is 1. The Morgan fingerprint density at radius 1 is 0.846 bits per heavy atom. The first-order valence-corrected chi connectivity index (χ1v) is 9.90. The van der Waals surface area contributed by atoms with Crippen LogP contribution in [0.4, 0.5) is 0 Å². The van der Waals surface area contributed by atoms with Crippen LogP contribution in [0.15, 0.2) is 60.7 Å². The molecule has 3 heteroatoms. The number of Topliss-reactive ketones (excluding diaryl/α,β-unsaturated/α-hetero) is 1. The van der Waals surface area contributed by atoms with Gasteiger partial charge in [0.15, 0.2) is 5.78 Å². The van der Waals surface area contributed by atoms with Crippen LogP contribution >= 0.6 is 0 Å². The van der Waals surface area contributed by atoms with E-state index in [9.17, 15) is 4.79 Å². The van der Waals surface area contributed by atoms with Gasteiger partial charge in [-0.2, -0.15) is 0 Å². The highest BCUT2D eigenvalue weighted by Gasteiger charge is 2.42. The van der Waals surface area contributed by atoms with E-state index in [0.29, 0.717) is 18.5 Å². The number of fused-ring (bicyclic) bond motifs is 2. The van der Waals surface area contributed by atoms with Crippen LogP contribution in [0, 0.1) is 0 Å². The van der Waals surface area contributed by atoms with E-state index in [1.807, 2.05) is 30.3 Å². The lowest BCUT2D eigenvalue weighted by Crippen LogP contribution is -2.46. The highest BCUT2D eigenvalue weighted by atomic mass is 16.1. The number of ketones is 1. The summed E-state index contributed by atoms with van der Waals surface area (Å²) in [6.07, 6.45) is 4.11. The zero-order valence-electron chi connectivity index (χ0n) is 15.4. The first-order valence-electron chi connectivity index (χ1n) is 9.90. The molecule has 4 rings (SSSR count). The smallest absolute Gasteiger partial charge is 0.162 e. The zero-order valence-corrected chi connectivity index (χ0v) is 15.4. The number of nitrogens with zero attached hydrogens (tertiary/aromatic N) is 2. The molecule has 26 heavy (non-hydrogen) atoms. The minimum Gasteiger partial charge on any atom is -0.297 e. The van der Waals surface area contributed by atoms with Gasteiger partial charge in [-0.1, -0.05) is 60.7 Å². The summed E-state index contributed by atoms with van der Waals surface area (Å²) in [6.45, 7) is 4.62. The van der Waals surface area contributed by atoms with Gasteiger partial charge in [-0.25, -0.2) is 0 Å². The van der Waals surface area contributed by atoms with E-state index in [4.69, 9.17) is 0 Å². The normalized spacial score (nSPS) is 22.8. The lowest BCUT2D eigenvalue weighted by Gasteiger charge is -2.34. The first-order chi connectivity index (χ1) is 12.8. The molecule has 0 spiro atoms. The molecule has 2 aromatic carbocycles. The summed E-state index contributed by atoms with van der Waals surface area (Å²) in [4.78, 5) is 17.5. The third-order valence-electron chi connectivity index (χ3n) is 5.89. The molecule has 0 N–H and O–H groups in total. The topological polar surface area (TPSA) is 23.6 Å². The summed E-state index contributed by atoms with van der Waals surface area (Å²) in [6, 6.07) is 21.9. The van der Waals surface area contributed by atoms with Gasteiger partial charge in [0.05, 0.1) is 0 Å². The molecule has 0 saturated carbocycles. The lowest BCUT2D eigenvalue weighted by molar-refractivity contribution is 0.0972. The highest BCUT2D eigenvalue weighted by molar-refractivity contribution is 5.95. The molecular weight excluding hydrogens is 320 g/mol. The second-order valence-electron chi connectivity index (χ2n) is 7.70. The molecule has 0 aromatic heterocycles. The number of benzene rings is 2. The predicted molar refractivity (Wildman–Crippen MR) is 105 cm³/mol. The van der Waals surface area contributed by atoms with Gasteiger partial charge >= 0.3 is 0 Å². The molecular formula is C23H28N2O. The summed E-state index contributed by atoms with van der Waals surface area (Å²) in [5.41, 5.74) is 2.27. The average molecular weight is 348 g/mol. The van der Waals surface area contributed by atoms with Gasteiger partial charge in [-0.15, -0.1) is 0 Å². The number of hydrogen-bond acceptors (Lipinski definition) is 3. The van der Waals surface area contributed by atoms with Crippen LogP contribution in [-0.2, 0) is 6.54 Å². The second-order valence-corrected chi connectivity index (χ2v) is 7.70. The molecule has 2 unspecified atom stereocenters. The maximum absolute atomic E-state index is 12.2. The van der Waals surface area contributed by atoms with Crippen molar-refractivity contribution in [2.45, 2.75) is 44.3 Å².